The summed E-state index contributed by atoms with van der Waals surface area (Å²) in [4.78, 5) is 25.3. The summed E-state index contributed by atoms with van der Waals surface area (Å²) in [6.45, 7) is 9.18. The van der Waals surface area contributed by atoms with Gasteiger partial charge in [-0.1, -0.05) is 48.6 Å². The average Bonchev–Trinajstić information content (AvgIpc) is 3.32. The van der Waals surface area contributed by atoms with Crippen LogP contribution in [0.15, 0.2) is 54.6 Å². The van der Waals surface area contributed by atoms with Gasteiger partial charge in [0.15, 0.2) is 5.69 Å². The number of benzene rings is 2. The Morgan fingerprint density at radius 3 is 2.38 bits per heavy atom. The number of aromatic nitrogens is 2. The van der Waals surface area contributed by atoms with Crippen LogP contribution in [-0.4, -0.2) is 38.4 Å². The Balaban J connectivity index is 1.76. The summed E-state index contributed by atoms with van der Waals surface area (Å²) in [5, 5.41) is 12.1. The molecule has 0 aliphatic rings. The van der Waals surface area contributed by atoms with Crippen LogP contribution in [0.25, 0.3) is 5.69 Å². The van der Waals surface area contributed by atoms with Gasteiger partial charge in [0, 0.05) is 19.2 Å². The zero-order valence-corrected chi connectivity index (χ0v) is 23.7. The number of ether oxygens (including phenoxy) is 1. The monoisotopic (exact) mass is 575 g/mol. The zero-order chi connectivity index (χ0) is 29.7. The van der Waals surface area contributed by atoms with E-state index in [1.807, 2.05) is 31.2 Å². The maximum atomic E-state index is 13.5. The molecule has 40 heavy (non-hydrogen) atoms. The SMILES string of the molecule is Cc1ccccc1CNC(=O)c1cc(C(F)(F)F)nn1-c1cccc(CNC(=S)[C@H](C)NC(=O)OC(C)(C)C)c1. The molecule has 1 heterocycles. The highest BCUT2D eigenvalue weighted by molar-refractivity contribution is 7.80. The second-order valence-electron chi connectivity index (χ2n) is 10.2. The second-order valence-corrected chi connectivity index (χ2v) is 10.6. The molecule has 3 aromatic rings. The first kappa shape index (κ1) is 30.6. The fourth-order valence-electron chi connectivity index (χ4n) is 3.64. The molecule has 3 rings (SSSR count). The molecule has 2 aromatic carbocycles. The van der Waals surface area contributed by atoms with Gasteiger partial charge in [-0.05, 0) is 63.4 Å². The molecule has 0 saturated carbocycles. The normalized spacial score (nSPS) is 12.4. The molecular weight excluding hydrogens is 543 g/mol. The molecule has 0 aliphatic heterocycles. The van der Waals surface area contributed by atoms with Crippen LogP contribution in [0, 0.1) is 6.92 Å². The standard InChI is InChI=1S/C28H32F3N5O3S/c1-17-9-6-7-11-20(17)16-32-24(37)22-14-23(28(29,30)31)35-36(22)21-12-8-10-19(13-21)15-33-25(40)18(2)34-26(38)39-27(3,4)5/h6-14,18H,15-16H2,1-5H3,(H,32,37)(H,33,40)(H,34,38)/t18-/m0/s1. The van der Waals surface area contributed by atoms with Gasteiger partial charge in [-0.15, -0.1) is 0 Å². The molecule has 0 aliphatic carbocycles. The molecule has 2 amide bonds. The Bertz CT molecular complexity index is 1380. The Hall–Kier alpha value is -3.93. The second kappa shape index (κ2) is 12.5. The lowest BCUT2D eigenvalue weighted by atomic mass is 10.1. The highest BCUT2D eigenvalue weighted by Crippen LogP contribution is 2.30. The van der Waals surface area contributed by atoms with Crippen molar-refractivity contribution >= 4 is 29.2 Å². The highest BCUT2D eigenvalue weighted by Gasteiger charge is 2.36. The minimum Gasteiger partial charge on any atom is -0.444 e. The summed E-state index contributed by atoms with van der Waals surface area (Å²) in [7, 11) is 0. The third kappa shape index (κ3) is 8.54. The average molecular weight is 576 g/mol. The van der Waals surface area contributed by atoms with Crippen molar-refractivity contribution in [3.05, 3.63) is 82.7 Å². The van der Waals surface area contributed by atoms with E-state index < -0.39 is 35.5 Å². The fraction of sp³-hybridized carbons (Fsp3) is 0.357. The van der Waals surface area contributed by atoms with Gasteiger partial charge in [-0.2, -0.15) is 18.3 Å². The number of nitrogens with zero attached hydrogens (tertiary/aromatic N) is 2. The van der Waals surface area contributed by atoms with Crippen LogP contribution in [0.1, 0.15) is 60.6 Å². The van der Waals surface area contributed by atoms with Gasteiger partial charge in [0.25, 0.3) is 5.91 Å². The smallest absolute Gasteiger partial charge is 0.435 e. The molecule has 3 N–H and O–H groups in total. The Morgan fingerprint density at radius 2 is 1.73 bits per heavy atom. The first-order chi connectivity index (χ1) is 18.6. The molecule has 214 valence electrons. The van der Waals surface area contributed by atoms with E-state index in [1.165, 1.54) is 0 Å². The maximum Gasteiger partial charge on any atom is 0.435 e. The lowest BCUT2D eigenvalue weighted by Gasteiger charge is -2.22. The van der Waals surface area contributed by atoms with E-state index in [4.69, 9.17) is 17.0 Å². The molecule has 0 saturated heterocycles. The third-order valence-electron chi connectivity index (χ3n) is 5.68. The number of alkyl carbamates (subject to hydrolysis) is 1. The number of aryl methyl sites for hydroxylation is 1. The number of alkyl halides is 3. The summed E-state index contributed by atoms with van der Waals surface area (Å²) >= 11 is 5.36. The quantitative estimate of drug-likeness (QED) is 0.309. The minimum absolute atomic E-state index is 0.148. The number of carbonyl (C=O) groups excluding carboxylic acids is 2. The number of hydrogen-bond acceptors (Lipinski definition) is 5. The van der Waals surface area contributed by atoms with Crippen molar-refractivity contribution in [3.8, 4) is 5.69 Å². The summed E-state index contributed by atoms with van der Waals surface area (Å²) in [5.41, 5.74) is 0.630. The van der Waals surface area contributed by atoms with Crippen molar-refractivity contribution < 1.29 is 27.5 Å². The van der Waals surface area contributed by atoms with Crippen LogP contribution < -0.4 is 16.0 Å². The number of rotatable bonds is 8. The molecule has 1 atom stereocenters. The van der Waals surface area contributed by atoms with Crippen LogP contribution >= 0.6 is 12.2 Å². The van der Waals surface area contributed by atoms with E-state index in [2.05, 4.69) is 21.0 Å². The van der Waals surface area contributed by atoms with E-state index in [9.17, 15) is 22.8 Å². The molecule has 0 unspecified atom stereocenters. The lowest BCUT2D eigenvalue weighted by molar-refractivity contribution is -0.141. The van der Waals surface area contributed by atoms with Gasteiger partial charge in [-0.3, -0.25) is 4.79 Å². The van der Waals surface area contributed by atoms with Crippen molar-refractivity contribution in [2.45, 2.75) is 65.5 Å². The first-order valence-electron chi connectivity index (χ1n) is 12.5. The molecule has 0 radical (unpaired) electrons. The van der Waals surface area contributed by atoms with Crippen molar-refractivity contribution in [2.24, 2.45) is 0 Å². The van der Waals surface area contributed by atoms with E-state index >= 15 is 0 Å². The van der Waals surface area contributed by atoms with Gasteiger partial charge in [0.1, 0.15) is 11.3 Å². The van der Waals surface area contributed by atoms with Gasteiger partial charge >= 0.3 is 12.3 Å². The van der Waals surface area contributed by atoms with Crippen LogP contribution in [0.3, 0.4) is 0 Å². The summed E-state index contributed by atoms with van der Waals surface area (Å²) in [6, 6.07) is 14.1. The topological polar surface area (TPSA) is 97.3 Å². The summed E-state index contributed by atoms with van der Waals surface area (Å²) < 4.78 is 46.8. The number of hydrogen-bond donors (Lipinski definition) is 3. The highest BCUT2D eigenvalue weighted by atomic mass is 32.1. The van der Waals surface area contributed by atoms with Crippen LogP contribution in [-0.2, 0) is 24.0 Å². The zero-order valence-electron chi connectivity index (χ0n) is 22.8. The van der Waals surface area contributed by atoms with Crippen LogP contribution in [0.4, 0.5) is 18.0 Å². The summed E-state index contributed by atoms with van der Waals surface area (Å²) in [5.74, 6) is -0.696. The number of halogens is 3. The van der Waals surface area contributed by atoms with Gasteiger partial charge in [0.2, 0.25) is 0 Å². The van der Waals surface area contributed by atoms with E-state index in [1.54, 1.807) is 52.0 Å². The Morgan fingerprint density at radius 1 is 1.02 bits per heavy atom. The number of nitrogens with one attached hydrogen (secondary N) is 3. The van der Waals surface area contributed by atoms with Gasteiger partial charge < -0.3 is 20.7 Å². The molecular formula is C28H32F3N5O3S. The number of amides is 2. The Labute approximate surface area is 236 Å². The van der Waals surface area contributed by atoms with Crippen molar-refractivity contribution in [2.75, 3.05) is 0 Å². The third-order valence-corrected chi connectivity index (χ3v) is 6.18. The molecule has 12 heteroatoms. The molecule has 1 aromatic heterocycles. The minimum atomic E-state index is -4.74. The molecule has 0 fully saturated rings. The van der Waals surface area contributed by atoms with E-state index in [0.29, 0.717) is 10.6 Å². The van der Waals surface area contributed by atoms with Crippen LogP contribution in [0.2, 0.25) is 0 Å². The Kier molecular flexibility index (Phi) is 9.56. The summed E-state index contributed by atoms with van der Waals surface area (Å²) in [6.07, 6.45) is -5.35. The van der Waals surface area contributed by atoms with Crippen LogP contribution in [0.5, 0.6) is 0 Å². The van der Waals surface area contributed by atoms with Crippen molar-refractivity contribution in [3.63, 3.8) is 0 Å². The predicted octanol–water partition coefficient (Wildman–Crippen LogP) is 5.46. The lowest BCUT2D eigenvalue weighted by Crippen LogP contribution is -2.45. The predicted molar refractivity (Wildman–Crippen MR) is 149 cm³/mol. The van der Waals surface area contributed by atoms with Crippen molar-refractivity contribution in [1.82, 2.24) is 25.7 Å². The first-order valence-corrected chi connectivity index (χ1v) is 12.9. The molecule has 0 bridgehead atoms. The fourth-order valence-corrected chi connectivity index (χ4v) is 3.77. The van der Waals surface area contributed by atoms with Gasteiger partial charge in [-0.25, -0.2) is 9.48 Å². The maximum absolute atomic E-state index is 13.5. The van der Waals surface area contributed by atoms with Crippen molar-refractivity contribution in [1.29, 1.82) is 0 Å². The van der Waals surface area contributed by atoms with E-state index in [0.717, 1.165) is 21.9 Å². The number of carbonyl (C=O) groups is 2. The van der Waals surface area contributed by atoms with Gasteiger partial charge in [0.05, 0.1) is 16.7 Å². The largest absolute Gasteiger partial charge is 0.444 e. The molecule has 8 nitrogen and oxygen atoms in total. The molecule has 0 spiro atoms. The number of thiocarbonyl (C=S) groups is 1. The van der Waals surface area contributed by atoms with E-state index in [-0.39, 0.29) is 24.5 Å².